The van der Waals surface area contributed by atoms with Crippen LogP contribution in [-0.4, -0.2) is 38.6 Å². The SMILES string of the molecule is O=C(Nc1cnccc1[C@@H]1CCCC(N2C(=O)c3ccccc3C2=O)C1)c1ccc(F)c(Br)n1. The van der Waals surface area contributed by atoms with E-state index in [0.717, 1.165) is 24.8 Å². The van der Waals surface area contributed by atoms with E-state index in [1.54, 1.807) is 36.7 Å². The maximum absolute atomic E-state index is 13.5. The summed E-state index contributed by atoms with van der Waals surface area (Å²) in [4.78, 5) is 48.2. The molecule has 3 amide bonds. The van der Waals surface area contributed by atoms with Gasteiger partial charge in [0.1, 0.15) is 10.3 Å². The maximum atomic E-state index is 13.5. The first-order valence-corrected chi connectivity index (χ1v) is 11.8. The number of hydrogen-bond donors (Lipinski definition) is 1. The van der Waals surface area contributed by atoms with Crippen LogP contribution < -0.4 is 5.32 Å². The third kappa shape index (κ3) is 4.00. The second-order valence-electron chi connectivity index (χ2n) is 8.43. The standard InChI is InChI=1S/C25H20BrFN4O3/c26-22-19(27)8-9-20(29-22)23(32)30-21-13-28-11-10-16(21)14-4-3-5-15(12-14)31-24(33)17-6-1-2-7-18(17)25(31)34/h1-2,6-11,13-15H,3-5,12H2,(H,30,32)/t14-,15?/m1/s1. The highest BCUT2D eigenvalue weighted by molar-refractivity contribution is 9.10. The molecule has 0 bridgehead atoms. The van der Waals surface area contributed by atoms with Crippen molar-refractivity contribution in [2.24, 2.45) is 0 Å². The molecule has 1 aliphatic carbocycles. The van der Waals surface area contributed by atoms with Gasteiger partial charge >= 0.3 is 0 Å². The molecular formula is C25H20BrFN4O3. The Hall–Kier alpha value is -3.46. The molecule has 3 heterocycles. The first-order valence-electron chi connectivity index (χ1n) is 11.0. The molecule has 0 spiro atoms. The second kappa shape index (κ2) is 9.06. The van der Waals surface area contributed by atoms with Crippen molar-refractivity contribution >= 4 is 39.3 Å². The normalized spacial score (nSPS) is 19.8. The molecule has 172 valence electrons. The molecule has 1 N–H and O–H groups in total. The second-order valence-corrected chi connectivity index (χ2v) is 9.18. The summed E-state index contributed by atoms with van der Waals surface area (Å²) in [6, 6.07) is 11.0. The van der Waals surface area contributed by atoms with Gasteiger partial charge in [-0.05, 0) is 77.0 Å². The van der Waals surface area contributed by atoms with Gasteiger partial charge in [-0.15, -0.1) is 0 Å². The zero-order valence-electron chi connectivity index (χ0n) is 18.0. The molecule has 9 heteroatoms. The van der Waals surface area contributed by atoms with E-state index in [-0.39, 0.29) is 34.1 Å². The van der Waals surface area contributed by atoms with Crippen LogP contribution in [0.25, 0.3) is 0 Å². The number of hydrogen-bond acceptors (Lipinski definition) is 5. The minimum absolute atomic E-state index is 0.0225. The predicted octanol–water partition coefficient (Wildman–Crippen LogP) is 4.95. The van der Waals surface area contributed by atoms with Crippen molar-refractivity contribution in [3.63, 3.8) is 0 Å². The average molecular weight is 523 g/mol. The fourth-order valence-electron chi connectivity index (χ4n) is 4.82. The van der Waals surface area contributed by atoms with Gasteiger partial charge in [-0.3, -0.25) is 24.3 Å². The number of pyridine rings is 2. The van der Waals surface area contributed by atoms with Crippen LogP contribution in [-0.2, 0) is 0 Å². The molecule has 1 unspecified atom stereocenters. The topological polar surface area (TPSA) is 92.3 Å². The van der Waals surface area contributed by atoms with Crippen LogP contribution in [0, 0.1) is 5.82 Å². The molecule has 5 rings (SSSR count). The highest BCUT2D eigenvalue weighted by Crippen LogP contribution is 2.40. The summed E-state index contributed by atoms with van der Waals surface area (Å²) in [6.45, 7) is 0. The highest BCUT2D eigenvalue weighted by Gasteiger charge is 2.41. The molecule has 7 nitrogen and oxygen atoms in total. The van der Waals surface area contributed by atoms with E-state index in [2.05, 4.69) is 31.2 Å². The van der Waals surface area contributed by atoms with Crippen LogP contribution in [0.5, 0.6) is 0 Å². The van der Waals surface area contributed by atoms with E-state index >= 15 is 0 Å². The molecule has 1 aromatic carbocycles. The zero-order chi connectivity index (χ0) is 23.8. The minimum atomic E-state index is -0.556. The largest absolute Gasteiger partial charge is 0.319 e. The maximum Gasteiger partial charge on any atom is 0.274 e. The van der Waals surface area contributed by atoms with Gasteiger partial charge in [0.25, 0.3) is 17.7 Å². The Balaban J connectivity index is 1.37. The number of imide groups is 1. The van der Waals surface area contributed by atoms with Gasteiger partial charge in [0.2, 0.25) is 0 Å². The lowest BCUT2D eigenvalue weighted by molar-refractivity contribution is 0.0539. The molecule has 3 aromatic rings. The number of nitrogens with one attached hydrogen (secondary N) is 1. The van der Waals surface area contributed by atoms with Crippen molar-refractivity contribution in [1.29, 1.82) is 0 Å². The third-order valence-corrected chi connectivity index (χ3v) is 6.97. The van der Waals surface area contributed by atoms with Crippen LogP contribution in [0.15, 0.2) is 59.5 Å². The number of benzene rings is 1. The molecular weight excluding hydrogens is 503 g/mol. The van der Waals surface area contributed by atoms with Gasteiger partial charge in [-0.1, -0.05) is 18.6 Å². The number of fused-ring (bicyclic) bond motifs is 1. The Morgan fingerprint density at radius 3 is 2.50 bits per heavy atom. The fraction of sp³-hybridized carbons (Fsp3) is 0.240. The van der Waals surface area contributed by atoms with Crippen molar-refractivity contribution in [3.05, 3.63) is 87.7 Å². The average Bonchev–Trinajstić information content (AvgIpc) is 3.11. The van der Waals surface area contributed by atoms with Crippen molar-refractivity contribution in [1.82, 2.24) is 14.9 Å². The summed E-state index contributed by atoms with van der Waals surface area (Å²) in [5, 5.41) is 2.83. The molecule has 2 aliphatic rings. The summed E-state index contributed by atoms with van der Waals surface area (Å²) in [7, 11) is 0. The molecule has 34 heavy (non-hydrogen) atoms. The van der Waals surface area contributed by atoms with Crippen molar-refractivity contribution < 1.29 is 18.8 Å². The summed E-state index contributed by atoms with van der Waals surface area (Å²) >= 11 is 3.00. The summed E-state index contributed by atoms with van der Waals surface area (Å²) in [6.07, 6.45) is 6.25. The molecule has 2 atom stereocenters. The van der Waals surface area contributed by atoms with Gasteiger partial charge in [0.15, 0.2) is 5.82 Å². The van der Waals surface area contributed by atoms with E-state index in [0.29, 0.717) is 23.2 Å². The van der Waals surface area contributed by atoms with Gasteiger partial charge in [0, 0.05) is 12.2 Å². The molecule has 0 saturated heterocycles. The smallest absolute Gasteiger partial charge is 0.274 e. The fourth-order valence-corrected chi connectivity index (χ4v) is 5.14. The van der Waals surface area contributed by atoms with Crippen LogP contribution in [0.4, 0.5) is 10.1 Å². The highest BCUT2D eigenvalue weighted by atomic mass is 79.9. The van der Waals surface area contributed by atoms with Crippen LogP contribution in [0.2, 0.25) is 0 Å². The van der Waals surface area contributed by atoms with E-state index in [4.69, 9.17) is 0 Å². The molecule has 1 fully saturated rings. The molecule has 1 aliphatic heterocycles. The van der Waals surface area contributed by atoms with E-state index in [1.807, 2.05) is 6.07 Å². The van der Waals surface area contributed by atoms with Gasteiger partial charge in [-0.2, -0.15) is 0 Å². The molecule has 2 aromatic heterocycles. The lowest BCUT2D eigenvalue weighted by Crippen LogP contribution is -2.42. The van der Waals surface area contributed by atoms with Crippen LogP contribution in [0.3, 0.4) is 0 Å². The molecule has 1 saturated carbocycles. The predicted molar refractivity (Wildman–Crippen MR) is 126 cm³/mol. The minimum Gasteiger partial charge on any atom is -0.319 e. The summed E-state index contributed by atoms with van der Waals surface area (Å²) in [5.41, 5.74) is 2.37. The Morgan fingerprint density at radius 1 is 1.06 bits per heavy atom. The quantitative estimate of drug-likeness (QED) is 0.386. The van der Waals surface area contributed by atoms with E-state index in [1.165, 1.54) is 17.0 Å². The van der Waals surface area contributed by atoms with Gasteiger partial charge in [0.05, 0.1) is 23.0 Å². The van der Waals surface area contributed by atoms with E-state index < -0.39 is 11.7 Å². The first kappa shape index (κ1) is 22.3. The first-order chi connectivity index (χ1) is 16.4. The Morgan fingerprint density at radius 2 is 1.79 bits per heavy atom. The van der Waals surface area contributed by atoms with Crippen molar-refractivity contribution in [2.75, 3.05) is 5.32 Å². The lowest BCUT2D eigenvalue weighted by Gasteiger charge is -2.35. The van der Waals surface area contributed by atoms with Crippen molar-refractivity contribution in [3.8, 4) is 0 Å². The van der Waals surface area contributed by atoms with Gasteiger partial charge < -0.3 is 5.32 Å². The molecule has 0 radical (unpaired) electrons. The number of aromatic nitrogens is 2. The van der Waals surface area contributed by atoms with E-state index in [9.17, 15) is 18.8 Å². The lowest BCUT2D eigenvalue weighted by atomic mass is 9.80. The number of halogens is 2. The van der Waals surface area contributed by atoms with Crippen molar-refractivity contribution in [2.45, 2.75) is 37.6 Å². The summed E-state index contributed by atoms with van der Waals surface area (Å²) < 4.78 is 13.5. The number of carbonyl (C=O) groups is 3. The number of carbonyl (C=O) groups excluding carboxylic acids is 3. The Bertz CT molecular complexity index is 1280. The number of amides is 3. The van der Waals surface area contributed by atoms with Gasteiger partial charge in [-0.25, -0.2) is 9.37 Å². The third-order valence-electron chi connectivity index (χ3n) is 6.42. The van der Waals surface area contributed by atoms with Crippen LogP contribution >= 0.6 is 15.9 Å². The Kier molecular flexibility index (Phi) is 5.95. The number of nitrogens with zero attached hydrogens (tertiary/aromatic N) is 3. The number of anilines is 1. The number of rotatable bonds is 4. The summed E-state index contributed by atoms with van der Waals surface area (Å²) in [5.74, 6) is -1.51. The Labute approximate surface area is 203 Å². The zero-order valence-corrected chi connectivity index (χ0v) is 19.6. The monoisotopic (exact) mass is 522 g/mol. The van der Waals surface area contributed by atoms with Crippen LogP contribution in [0.1, 0.15) is 68.4 Å².